The Morgan fingerprint density at radius 1 is 1.24 bits per heavy atom. The SMILES string of the molecule is Cc1nc2ccc(Br)cc2c(=O)n1N=Cc1ccc(OCC(=O)Nc2ccccc2F)c(Cl)c1. The molecule has 4 rings (SSSR count). The molecule has 1 aromatic heterocycles. The number of ether oxygens (including phenoxy) is 1. The van der Waals surface area contributed by atoms with Gasteiger partial charge in [-0.05, 0) is 61.0 Å². The van der Waals surface area contributed by atoms with Crippen LogP contribution in [0.5, 0.6) is 5.75 Å². The van der Waals surface area contributed by atoms with Gasteiger partial charge in [0.25, 0.3) is 11.5 Å². The topological polar surface area (TPSA) is 85.6 Å². The highest BCUT2D eigenvalue weighted by Crippen LogP contribution is 2.25. The smallest absolute Gasteiger partial charge is 0.282 e. The molecule has 1 amide bonds. The Kier molecular flexibility index (Phi) is 7.04. The molecule has 1 heterocycles. The van der Waals surface area contributed by atoms with Gasteiger partial charge >= 0.3 is 0 Å². The Balaban J connectivity index is 1.47. The molecule has 0 saturated heterocycles. The number of hydrogen-bond donors (Lipinski definition) is 1. The van der Waals surface area contributed by atoms with Crippen molar-refractivity contribution < 1.29 is 13.9 Å². The number of aromatic nitrogens is 2. The summed E-state index contributed by atoms with van der Waals surface area (Å²) in [5, 5.41) is 7.37. The summed E-state index contributed by atoms with van der Waals surface area (Å²) in [4.78, 5) is 29.3. The van der Waals surface area contributed by atoms with Crippen molar-refractivity contribution in [2.75, 3.05) is 11.9 Å². The van der Waals surface area contributed by atoms with Gasteiger partial charge in [-0.3, -0.25) is 9.59 Å². The predicted octanol–water partition coefficient (Wildman–Crippen LogP) is 5.16. The maximum Gasteiger partial charge on any atom is 0.282 e. The van der Waals surface area contributed by atoms with E-state index >= 15 is 0 Å². The number of halogens is 3. The average molecular weight is 544 g/mol. The molecule has 0 aliphatic carbocycles. The van der Waals surface area contributed by atoms with Gasteiger partial charge in [-0.1, -0.05) is 39.7 Å². The van der Waals surface area contributed by atoms with E-state index < -0.39 is 11.7 Å². The minimum absolute atomic E-state index is 0.0647. The quantitative estimate of drug-likeness (QED) is 0.341. The first-order chi connectivity index (χ1) is 16.3. The molecule has 0 saturated carbocycles. The highest BCUT2D eigenvalue weighted by Gasteiger charge is 2.10. The number of rotatable bonds is 6. The summed E-state index contributed by atoms with van der Waals surface area (Å²) in [6.45, 7) is 1.34. The molecule has 34 heavy (non-hydrogen) atoms. The molecular weight excluding hydrogens is 527 g/mol. The number of benzene rings is 3. The standard InChI is InChI=1S/C24H17BrClFN4O3/c1-14-29-20-8-7-16(25)11-17(20)24(33)31(14)28-12-15-6-9-22(18(26)10-15)34-13-23(32)30-21-5-3-2-4-19(21)27/h2-12H,13H2,1H3,(H,30,32). The van der Waals surface area contributed by atoms with Crippen LogP contribution < -0.4 is 15.6 Å². The largest absolute Gasteiger partial charge is 0.482 e. The van der Waals surface area contributed by atoms with Gasteiger partial charge in [0.1, 0.15) is 17.4 Å². The zero-order valence-electron chi connectivity index (χ0n) is 17.8. The molecule has 0 aliphatic heterocycles. The molecule has 0 aliphatic rings. The van der Waals surface area contributed by atoms with Crippen molar-refractivity contribution in [1.82, 2.24) is 9.66 Å². The zero-order valence-corrected chi connectivity index (χ0v) is 20.1. The number of carbonyl (C=O) groups is 1. The summed E-state index contributed by atoms with van der Waals surface area (Å²) in [7, 11) is 0. The van der Waals surface area contributed by atoms with Gasteiger partial charge in [-0.25, -0.2) is 9.37 Å². The molecule has 4 aromatic rings. The molecule has 10 heteroatoms. The first-order valence-electron chi connectivity index (χ1n) is 10.0. The van der Waals surface area contributed by atoms with E-state index in [9.17, 15) is 14.0 Å². The molecule has 172 valence electrons. The zero-order chi connectivity index (χ0) is 24.2. The van der Waals surface area contributed by atoms with Crippen LogP contribution in [0.25, 0.3) is 10.9 Å². The van der Waals surface area contributed by atoms with Crippen LogP contribution >= 0.6 is 27.5 Å². The summed E-state index contributed by atoms with van der Waals surface area (Å²) in [6.07, 6.45) is 1.47. The van der Waals surface area contributed by atoms with Gasteiger partial charge in [-0.2, -0.15) is 9.78 Å². The van der Waals surface area contributed by atoms with Gasteiger partial charge in [-0.15, -0.1) is 0 Å². The van der Waals surface area contributed by atoms with Crippen molar-refractivity contribution in [3.05, 3.63) is 97.7 Å². The van der Waals surface area contributed by atoms with Crippen LogP contribution in [0, 0.1) is 12.7 Å². The molecule has 0 radical (unpaired) electrons. The van der Waals surface area contributed by atoms with Crippen LogP contribution in [-0.2, 0) is 4.79 Å². The molecule has 7 nitrogen and oxygen atoms in total. The van der Waals surface area contributed by atoms with Gasteiger partial charge in [0.05, 0.1) is 27.8 Å². The van der Waals surface area contributed by atoms with E-state index in [0.29, 0.717) is 22.3 Å². The predicted molar refractivity (Wildman–Crippen MR) is 133 cm³/mol. The Morgan fingerprint density at radius 2 is 2.03 bits per heavy atom. The van der Waals surface area contributed by atoms with Gasteiger partial charge in [0, 0.05) is 4.47 Å². The molecule has 0 atom stereocenters. The van der Waals surface area contributed by atoms with Crippen molar-refractivity contribution in [2.45, 2.75) is 6.92 Å². The van der Waals surface area contributed by atoms with Gasteiger partial charge in [0.2, 0.25) is 0 Å². The van der Waals surface area contributed by atoms with E-state index in [1.54, 1.807) is 43.3 Å². The molecule has 1 N–H and O–H groups in total. The molecule has 0 unspecified atom stereocenters. The lowest BCUT2D eigenvalue weighted by molar-refractivity contribution is -0.118. The van der Waals surface area contributed by atoms with Crippen LogP contribution in [0.3, 0.4) is 0 Å². The monoisotopic (exact) mass is 542 g/mol. The Labute approximate surface area is 207 Å². The third-order valence-electron chi connectivity index (χ3n) is 4.76. The molecule has 0 bridgehead atoms. The highest BCUT2D eigenvalue weighted by molar-refractivity contribution is 9.10. The normalized spacial score (nSPS) is 11.2. The van der Waals surface area contributed by atoms with Crippen LogP contribution in [0.4, 0.5) is 10.1 Å². The third kappa shape index (κ3) is 5.32. The van der Waals surface area contributed by atoms with Crippen molar-refractivity contribution >= 4 is 56.2 Å². The lowest BCUT2D eigenvalue weighted by atomic mass is 10.2. The first-order valence-corrected chi connectivity index (χ1v) is 11.2. The van der Waals surface area contributed by atoms with Crippen LogP contribution in [0.2, 0.25) is 5.02 Å². The van der Waals surface area contributed by atoms with E-state index in [4.69, 9.17) is 16.3 Å². The summed E-state index contributed by atoms with van der Waals surface area (Å²) in [5.74, 6) is -0.366. The van der Waals surface area contributed by atoms with E-state index in [1.165, 1.54) is 29.1 Å². The fraction of sp³-hybridized carbons (Fsp3) is 0.0833. The number of nitrogens with zero attached hydrogens (tertiary/aromatic N) is 3. The van der Waals surface area contributed by atoms with Crippen LogP contribution in [-0.4, -0.2) is 28.4 Å². The van der Waals surface area contributed by atoms with E-state index in [-0.39, 0.29) is 28.6 Å². The lowest BCUT2D eigenvalue weighted by Gasteiger charge is -2.10. The molecule has 0 fully saturated rings. The maximum absolute atomic E-state index is 13.6. The van der Waals surface area contributed by atoms with Gasteiger partial charge in [0.15, 0.2) is 6.61 Å². The van der Waals surface area contributed by atoms with Crippen LogP contribution in [0.1, 0.15) is 11.4 Å². The third-order valence-corrected chi connectivity index (χ3v) is 5.54. The van der Waals surface area contributed by atoms with E-state index in [2.05, 4.69) is 31.3 Å². The lowest BCUT2D eigenvalue weighted by Crippen LogP contribution is -2.21. The number of carbonyl (C=O) groups excluding carboxylic acids is 1. The first kappa shape index (κ1) is 23.6. The number of nitrogens with one attached hydrogen (secondary N) is 1. The minimum atomic E-state index is -0.541. The summed E-state index contributed by atoms with van der Waals surface area (Å²) in [6, 6.07) is 15.9. The molecule has 0 spiro atoms. The van der Waals surface area contributed by atoms with Gasteiger partial charge < -0.3 is 10.1 Å². The number of anilines is 1. The maximum atomic E-state index is 13.6. The highest BCUT2D eigenvalue weighted by atomic mass is 79.9. The van der Waals surface area contributed by atoms with Crippen molar-refractivity contribution in [3.63, 3.8) is 0 Å². The number of hydrogen-bond acceptors (Lipinski definition) is 5. The average Bonchev–Trinajstić information content (AvgIpc) is 2.80. The van der Waals surface area contributed by atoms with Crippen molar-refractivity contribution in [3.8, 4) is 5.75 Å². The summed E-state index contributed by atoms with van der Waals surface area (Å²) >= 11 is 9.63. The minimum Gasteiger partial charge on any atom is -0.482 e. The van der Waals surface area contributed by atoms with E-state index in [0.717, 1.165) is 4.47 Å². The summed E-state index contributed by atoms with van der Waals surface area (Å²) < 4.78 is 21.1. The number of fused-ring (bicyclic) bond motifs is 1. The Bertz CT molecular complexity index is 1490. The number of aryl methyl sites for hydroxylation is 1. The van der Waals surface area contributed by atoms with Crippen molar-refractivity contribution in [1.29, 1.82) is 0 Å². The second kappa shape index (κ2) is 10.1. The van der Waals surface area contributed by atoms with Crippen molar-refractivity contribution in [2.24, 2.45) is 5.10 Å². The Morgan fingerprint density at radius 3 is 2.79 bits per heavy atom. The van der Waals surface area contributed by atoms with Crippen LogP contribution in [0.15, 0.2) is 75.0 Å². The number of amides is 1. The molecular formula is C24H17BrClFN4O3. The second-order valence-electron chi connectivity index (χ2n) is 7.19. The fourth-order valence-electron chi connectivity index (χ4n) is 3.13. The Hall–Kier alpha value is -3.56. The molecule has 3 aromatic carbocycles. The number of para-hydroxylation sites is 1. The van der Waals surface area contributed by atoms with E-state index in [1.807, 2.05) is 6.07 Å². The summed E-state index contributed by atoms with van der Waals surface area (Å²) in [5.41, 5.74) is 0.955. The fourth-order valence-corrected chi connectivity index (χ4v) is 3.73. The second-order valence-corrected chi connectivity index (χ2v) is 8.51.